The zero-order chi connectivity index (χ0) is 10.7. The average Bonchev–Trinajstić information content (AvgIpc) is 2.26. The van der Waals surface area contributed by atoms with Crippen LogP contribution in [0.4, 0.5) is 0 Å². The van der Waals surface area contributed by atoms with Gasteiger partial charge in [0.1, 0.15) is 0 Å². The molecule has 0 unspecified atom stereocenters. The largest absolute Gasteiger partial charge is 1.00 e. The number of hydrogen-bond acceptors (Lipinski definition) is 6. The van der Waals surface area contributed by atoms with Crippen LogP contribution in [-0.2, 0) is 10.7 Å². The molecule has 6 nitrogen and oxygen atoms in total. The Kier molecular flexibility index (Phi) is 33.7. The Labute approximate surface area is 256 Å². The molecule has 0 bridgehead atoms. The normalized spacial score (nSPS) is 9.16. The van der Waals surface area contributed by atoms with Crippen molar-refractivity contribution in [1.82, 2.24) is 0 Å². The molecule has 0 aromatic carbocycles. The molecule has 0 saturated heterocycles. The van der Waals surface area contributed by atoms with Gasteiger partial charge in [0.25, 0.3) is 0 Å². The smallest absolute Gasteiger partial charge is 1.00 e. The topological polar surface area (TPSA) is 143 Å². The van der Waals surface area contributed by atoms with E-state index in [1.54, 1.807) is 0 Å². The molecule has 0 aliphatic heterocycles. The minimum Gasteiger partial charge on any atom is -1.00 e. The van der Waals surface area contributed by atoms with Crippen LogP contribution in [0.3, 0.4) is 0 Å². The first-order chi connectivity index (χ1) is 5.97. The Hall–Kier alpha value is 3.24. The quantitative estimate of drug-likeness (QED) is 0.346. The third-order valence-corrected chi connectivity index (χ3v) is 4.89. The van der Waals surface area contributed by atoms with Crippen molar-refractivity contribution in [2.45, 2.75) is 0 Å². The second-order valence-electron chi connectivity index (χ2n) is 1.80. The molecule has 13 heteroatoms. The van der Waals surface area contributed by atoms with Gasteiger partial charge >= 0.3 is 226 Å². The second kappa shape index (κ2) is 14.8. The molecule has 0 saturated carbocycles. The maximum Gasteiger partial charge on any atom is 1.00 e. The Morgan fingerprint density at radius 3 is 0.526 bits per heavy atom. The molecule has 0 aromatic rings. The van der Waals surface area contributed by atoms with Gasteiger partial charge in [-0.25, -0.2) is 0 Å². The third kappa shape index (κ3) is 7.12. The first-order valence-corrected chi connectivity index (χ1v) is 5.71. The SMILES string of the molecule is N#[C][Fe]([C]#N)([C]#N)([C]#N)([C]#N)[C]#N.[Cl-].[Cl-].[Cl-].[K+].[K+].[K+]. The molecule has 0 fully saturated rings. The van der Waals surface area contributed by atoms with Crippen molar-refractivity contribution in [3.63, 3.8) is 0 Å². The molecule has 0 amide bonds. The first kappa shape index (κ1) is 43.2. The molecule has 0 aliphatic carbocycles. The Bertz CT molecular complexity index is 410. The van der Waals surface area contributed by atoms with Gasteiger partial charge in [-0.1, -0.05) is 0 Å². The minimum atomic E-state index is -6.17. The van der Waals surface area contributed by atoms with Crippen molar-refractivity contribution in [2.24, 2.45) is 0 Å². The molecule has 0 N–H and O–H groups in total. The summed E-state index contributed by atoms with van der Waals surface area (Å²) in [6.07, 6.45) is 0. The van der Waals surface area contributed by atoms with Crippen LogP contribution in [0.25, 0.3) is 0 Å². The third-order valence-electron chi connectivity index (χ3n) is 1.19. The van der Waals surface area contributed by atoms with Gasteiger partial charge in [0.2, 0.25) is 0 Å². The standard InChI is InChI=1S/6CN.3ClH.Fe.3K/c6*1-2;;;;;;;/h;;;;;;3*1H;;;;/q;;;;;;;;;;3*+1/p-3. The monoisotopic (exact) mass is 434 g/mol. The number of hydrogen-bond donors (Lipinski definition) is 0. The van der Waals surface area contributed by atoms with Crippen molar-refractivity contribution in [1.29, 1.82) is 31.6 Å². The van der Waals surface area contributed by atoms with Crippen LogP contribution in [0.1, 0.15) is 0 Å². The summed E-state index contributed by atoms with van der Waals surface area (Å²) in [5, 5.41) is 51.5. The van der Waals surface area contributed by atoms with E-state index in [4.69, 9.17) is 31.6 Å². The van der Waals surface area contributed by atoms with E-state index in [0.717, 1.165) is 29.8 Å². The van der Waals surface area contributed by atoms with E-state index in [-0.39, 0.29) is 191 Å². The predicted molar refractivity (Wildman–Crippen MR) is 33.7 cm³/mol. The van der Waals surface area contributed by atoms with E-state index >= 15 is 0 Å². The Balaban J connectivity index is -0.0000000480. The molecule has 0 rings (SSSR count). The van der Waals surface area contributed by atoms with Crippen LogP contribution in [0, 0.1) is 61.4 Å². The summed E-state index contributed by atoms with van der Waals surface area (Å²) >= 11 is 0. The van der Waals surface area contributed by atoms with Crippen molar-refractivity contribution in [3.8, 4) is 29.8 Å². The van der Waals surface area contributed by atoms with Gasteiger partial charge in [-0.05, 0) is 0 Å². The Morgan fingerprint density at radius 2 is 0.526 bits per heavy atom. The van der Waals surface area contributed by atoms with Gasteiger partial charge in [-0.3, -0.25) is 0 Å². The summed E-state index contributed by atoms with van der Waals surface area (Å²) in [6.45, 7) is 0. The van der Waals surface area contributed by atoms with Crippen LogP contribution in [0.2, 0.25) is 0 Å². The zero-order valence-corrected chi connectivity index (χ0v) is 22.9. The molecule has 0 spiro atoms. The second-order valence-corrected chi connectivity index (χ2v) is 7.42. The fraction of sp³-hybridized carbons (Fsp3) is 0. The van der Waals surface area contributed by atoms with Gasteiger partial charge in [0.15, 0.2) is 0 Å². The molecule has 86 valence electrons. The summed E-state index contributed by atoms with van der Waals surface area (Å²) in [6, 6.07) is 0. The summed E-state index contributed by atoms with van der Waals surface area (Å²) in [7, 11) is -6.17. The van der Waals surface area contributed by atoms with E-state index in [9.17, 15) is 0 Å². The number of nitriles is 6. The van der Waals surface area contributed by atoms with Crippen LogP contribution in [0.15, 0.2) is 0 Å². The van der Waals surface area contributed by atoms with Gasteiger partial charge in [-0.15, -0.1) is 0 Å². The van der Waals surface area contributed by atoms with E-state index in [1.807, 2.05) is 0 Å². The van der Waals surface area contributed by atoms with Crippen molar-refractivity contribution >= 4 is 0 Å². The number of halogens is 3. The van der Waals surface area contributed by atoms with Crippen molar-refractivity contribution in [2.75, 3.05) is 0 Å². The maximum absolute atomic E-state index is 8.58. The molecule has 0 aromatic heterocycles. The number of nitrogens with zero attached hydrogens (tertiary/aromatic N) is 6. The molecular formula is C6Cl3FeK3N6. The van der Waals surface area contributed by atoms with Gasteiger partial charge < -0.3 is 37.2 Å². The van der Waals surface area contributed by atoms with E-state index < -0.39 is 10.7 Å². The zero-order valence-electron chi connectivity index (χ0n) is 10.2. The van der Waals surface area contributed by atoms with Gasteiger partial charge in [-0.2, -0.15) is 0 Å². The molecule has 0 radical (unpaired) electrons. The maximum atomic E-state index is 8.58. The van der Waals surface area contributed by atoms with Gasteiger partial charge in [0, 0.05) is 0 Å². The summed E-state index contributed by atoms with van der Waals surface area (Å²) in [5.41, 5.74) is 0. The molecular weight excluding hydrogens is 436 g/mol. The van der Waals surface area contributed by atoms with Crippen molar-refractivity contribution in [3.05, 3.63) is 0 Å². The van der Waals surface area contributed by atoms with E-state index in [0.29, 0.717) is 0 Å². The van der Waals surface area contributed by atoms with Crippen LogP contribution < -0.4 is 191 Å². The van der Waals surface area contributed by atoms with Crippen molar-refractivity contribution < 1.29 is 202 Å². The minimum absolute atomic E-state index is 0. The first-order valence-electron chi connectivity index (χ1n) is 2.40. The Morgan fingerprint density at radius 1 is 0.421 bits per heavy atom. The fourth-order valence-electron chi connectivity index (χ4n) is 0.265. The average molecular weight is 436 g/mol. The van der Waals surface area contributed by atoms with Crippen LogP contribution >= 0.6 is 0 Å². The fourth-order valence-corrected chi connectivity index (χ4v) is 1.09. The van der Waals surface area contributed by atoms with Crippen LogP contribution in [-0.4, -0.2) is 0 Å². The van der Waals surface area contributed by atoms with Gasteiger partial charge in [0.05, 0.1) is 0 Å². The predicted octanol–water partition coefficient (Wildman–Crippen LogP) is -17.9. The summed E-state index contributed by atoms with van der Waals surface area (Å²) < 4.78 is 0. The molecule has 0 aliphatic rings. The summed E-state index contributed by atoms with van der Waals surface area (Å²) in [4.78, 5) is 6.19. The van der Waals surface area contributed by atoms with E-state index in [1.165, 1.54) is 0 Å². The summed E-state index contributed by atoms with van der Waals surface area (Å²) in [5.74, 6) is 0. The molecule has 0 heterocycles. The van der Waals surface area contributed by atoms with E-state index in [2.05, 4.69) is 0 Å². The molecule has 0 atom stereocenters. The number of rotatable bonds is 0. The van der Waals surface area contributed by atoms with Crippen LogP contribution in [0.5, 0.6) is 0 Å². The molecule has 19 heavy (non-hydrogen) atoms.